The lowest BCUT2D eigenvalue weighted by atomic mass is 9.84. The topological polar surface area (TPSA) is 95.9 Å². The molecular weight excluding hydrogens is 480 g/mol. The highest BCUT2D eigenvalue weighted by atomic mass is 16.5. The van der Waals surface area contributed by atoms with E-state index < -0.39 is 17.7 Å². The third kappa shape index (κ3) is 4.92. The van der Waals surface area contributed by atoms with Crippen LogP contribution in [0.3, 0.4) is 0 Å². The third-order valence-corrected chi connectivity index (χ3v) is 6.70. The molecule has 1 aliphatic rings. The van der Waals surface area contributed by atoms with Gasteiger partial charge in [-0.1, -0.05) is 51.1 Å². The lowest BCUT2D eigenvalue weighted by Crippen LogP contribution is -2.29. The van der Waals surface area contributed by atoms with Gasteiger partial charge >= 0.3 is 0 Å². The Bertz CT molecular complexity index is 1450. The lowest BCUT2D eigenvalue weighted by molar-refractivity contribution is -0.132. The van der Waals surface area contributed by atoms with Gasteiger partial charge in [0.2, 0.25) is 5.91 Å². The fourth-order valence-corrected chi connectivity index (χ4v) is 4.68. The van der Waals surface area contributed by atoms with Gasteiger partial charge in [0.05, 0.1) is 18.7 Å². The van der Waals surface area contributed by atoms with Gasteiger partial charge in [0, 0.05) is 29.4 Å². The Kier molecular flexibility index (Phi) is 7.14. The summed E-state index contributed by atoms with van der Waals surface area (Å²) in [6.07, 6.45) is 0. The number of aliphatic hydroxyl groups is 1. The van der Waals surface area contributed by atoms with E-state index in [-0.39, 0.29) is 22.7 Å². The Morgan fingerprint density at radius 3 is 2.26 bits per heavy atom. The van der Waals surface area contributed by atoms with E-state index in [4.69, 9.17) is 4.74 Å². The summed E-state index contributed by atoms with van der Waals surface area (Å²) in [5, 5.41) is 14.4. The molecule has 2 amide bonds. The second-order valence-electron chi connectivity index (χ2n) is 10.4. The van der Waals surface area contributed by atoms with Gasteiger partial charge in [0.1, 0.15) is 11.5 Å². The molecule has 0 saturated carbocycles. The number of hydrogen-bond acceptors (Lipinski definition) is 5. The molecule has 2 N–H and O–H groups in total. The van der Waals surface area contributed by atoms with Crippen molar-refractivity contribution in [2.75, 3.05) is 17.3 Å². The maximum atomic E-state index is 13.6. The largest absolute Gasteiger partial charge is 0.507 e. The van der Waals surface area contributed by atoms with E-state index in [2.05, 4.69) is 26.1 Å². The van der Waals surface area contributed by atoms with Gasteiger partial charge in [-0.15, -0.1) is 0 Å². The number of Topliss-reactive ketones (excluding diaryl/α,β-unsaturated/α-hetero) is 1. The van der Waals surface area contributed by atoms with Crippen LogP contribution >= 0.6 is 0 Å². The van der Waals surface area contributed by atoms with Crippen molar-refractivity contribution in [1.82, 2.24) is 0 Å². The molecule has 3 aromatic rings. The summed E-state index contributed by atoms with van der Waals surface area (Å²) in [4.78, 5) is 39.9. The predicted molar refractivity (Wildman–Crippen MR) is 148 cm³/mol. The van der Waals surface area contributed by atoms with E-state index in [1.165, 1.54) is 18.9 Å². The molecule has 1 aliphatic heterocycles. The molecule has 0 aromatic heterocycles. The van der Waals surface area contributed by atoms with Crippen molar-refractivity contribution < 1.29 is 24.2 Å². The zero-order valence-electron chi connectivity index (χ0n) is 22.5. The van der Waals surface area contributed by atoms with Crippen LogP contribution in [-0.4, -0.2) is 29.8 Å². The molecule has 1 saturated heterocycles. The number of ketones is 1. The maximum Gasteiger partial charge on any atom is 0.300 e. The Labute approximate surface area is 222 Å². The van der Waals surface area contributed by atoms with Gasteiger partial charge in [0.15, 0.2) is 0 Å². The number of amides is 2. The lowest BCUT2D eigenvalue weighted by Gasteiger charge is -2.27. The Hall–Kier alpha value is -4.39. The predicted octanol–water partition coefficient (Wildman–Crippen LogP) is 5.89. The van der Waals surface area contributed by atoms with Gasteiger partial charge in [-0.2, -0.15) is 0 Å². The van der Waals surface area contributed by atoms with Crippen LogP contribution in [0.4, 0.5) is 11.4 Å². The van der Waals surface area contributed by atoms with E-state index in [1.807, 2.05) is 25.1 Å². The van der Waals surface area contributed by atoms with Crippen LogP contribution in [0.25, 0.3) is 5.76 Å². The zero-order valence-corrected chi connectivity index (χ0v) is 22.5. The van der Waals surface area contributed by atoms with Crippen LogP contribution in [0, 0.1) is 6.92 Å². The van der Waals surface area contributed by atoms with Crippen LogP contribution in [0.5, 0.6) is 5.75 Å². The van der Waals surface area contributed by atoms with Crippen molar-refractivity contribution in [2.24, 2.45) is 0 Å². The minimum Gasteiger partial charge on any atom is -0.507 e. The molecule has 38 heavy (non-hydrogen) atoms. The fourth-order valence-electron chi connectivity index (χ4n) is 4.68. The smallest absolute Gasteiger partial charge is 0.300 e. The number of hydrogen-bond donors (Lipinski definition) is 2. The number of aliphatic hydroxyl groups excluding tert-OH is 1. The monoisotopic (exact) mass is 512 g/mol. The minimum atomic E-state index is -0.935. The second kappa shape index (κ2) is 10.2. The van der Waals surface area contributed by atoms with E-state index in [9.17, 15) is 19.5 Å². The number of carbonyl (C=O) groups is 3. The third-order valence-electron chi connectivity index (χ3n) is 6.70. The molecule has 0 radical (unpaired) electrons. The number of para-hydroxylation sites is 1. The van der Waals surface area contributed by atoms with Gasteiger partial charge in [0.25, 0.3) is 11.7 Å². The first-order valence-electron chi connectivity index (χ1n) is 12.4. The van der Waals surface area contributed by atoms with Gasteiger partial charge in [-0.05, 0) is 59.9 Å². The first-order valence-corrected chi connectivity index (χ1v) is 12.4. The number of nitrogens with zero attached hydrogens (tertiary/aromatic N) is 1. The first kappa shape index (κ1) is 26.7. The van der Waals surface area contributed by atoms with Crippen molar-refractivity contribution in [2.45, 2.75) is 46.1 Å². The molecule has 7 nitrogen and oxygen atoms in total. The van der Waals surface area contributed by atoms with E-state index in [0.717, 1.165) is 11.1 Å². The summed E-state index contributed by atoms with van der Waals surface area (Å²) in [5.74, 6) is -1.53. The molecule has 196 valence electrons. The SMILES string of the molecule is COc1ccccc1C1/C(=C(\O)c2cc(C(C)(C)C)ccc2C)C(=O)C(=O)N1c1ccc(NC(C)=O)cc1. The van der Waals surface area contributed by atoms with Crippen molar-refractivity contribution in [3.05, 3.63) is 94.6 Å². The van der Waals surface area contributed by atoms with Crippen molar-refractivity contribution >= 4 is 34.7 Å². The molecule has 4 rings (SSSR count). The Morgan fingerprint density at radius 1 is 1.00 bits per heavy atom. The van der Waals surface area contributed by atoms with Gasteiger partial charge in [-0.3, -0.25) is 19.3 Å². The van der Waals surface area contributed by atoms with E-state index in [1.54, 1.807) is 48.5 Å². The van der Waals surface area contributed by atoms with Gasteiger partial charge < -0.3 is 15.2 Å². The van der Waals surface area contributed by atoms with Crippen LogP contribution in [0.15, 0.2) is 72.3 Å². The Balaban J connectivity index is 1.96. The average Bonchev–Trinajstić information content (AvgIpc) is 3.13. The highest BCUT2D eigenvalue weighted by Crippen LogP contribution is 2.45. The van der Waals surface area contributed by atoms with E-state index >= 15 is 0 Å². The summed E-state index contributed by atoms with van der Waals surface area (Å²) in [6.45, 7) is 9.47. The number of nitrogens with one attached hydrogen (secondary N) is 1. The number of methoxy groups -OCH3 is 1. The summed E-state index contributed by atoms with van der Waals surface area (Å²) < 4.78 is 5.60. The van der Waals surface area contributed by atoms with Crippen molar-refractivity contribution in [1.29, 1.82) is 0 Å². The summed E-state index contributed by atoms with van der Waals surface area (Å²) in [5.41, 5.74) is 3.62. The number of anilines is 2. The number of benzene rings is 3. The molecule has 7 heteroatoms. The molecule has 1 fully saturated rings. The van der Waals surface area contributed by atoms with Crippen LogP contribution in [0.2, 0.25) is 0 Å². The molecule has 0 aliphatic carbocycles. The molecule has 1 atom stereocenters. The van der Waals surface area contributed by atoms with Crippen molar-refractivity contribution in [3.63, 3.8) is 0 Å². The highest BCUT2D eigenvalue weighted by Gasteiger charge is 2.48. The fraction of sp³-hybridized carbons (Fsp3) is 0.258. The van der Waals surface area contributed by atoms with Crippen LogP contribution in [0.1, 0.15) is 56.0 Å². The van der Waals surface area contributed by atoms with Crippen LogP contribution < -0.4 is 15.0 Å². The molecule has 0 spiro atoms. The summed E-state index contributed by atoms with van der Waals surface area (Å²) in [7, 11) is 1.52. The van der Waals surface area contributed by atoms with Gasteiger partial charge in [-0.25, -0.2) is 0 Å². The molecular formula is C31H32N2O5. The second-order valence-corrected chi connectivity index (χ2v) is 10.4. The Morgan fingerprint density at radius 2 is 1.66 bits per heavy atom. The minimum absolute atomic E-state index is 0.0143. The quantitative estimate of drug-likeness (QED) is 0.253. The number of aryl methyl sites for hydroxylation is 1. The number of carbonyl (C=O) groups excluding carboxylic acids is 3. The standard InChI is InChI=1S/C31H32N2O5/c1-18-11-12-20(31(3,4)5)17-24(18)28(35)26-27(23-9-7-8-10-25(23)38-6)33(30(37)29(26)36)22-15-13-21(14-16-22)32-19(2)34/h7-17,27,35H,1-6H3,(H,32,34)/b28-26+. The summed E-state index contributed by atoms with van der Waals surface area (Å²) in [6, 6.07) is 18.6. The molecule has 3 aromatic carbocycles. The first-order chi connectivity index (χ1) is 17.9. The average molecular weight is 513 g/mol. The molecule has 1 unspecified atom stereocenters. The highest BCUT2D eigenvalue weighted by molar-refractivity contribution is 6.51. The number of rotatable bonds is 5. The van der Waals surface area contributed by atoms with Crippen molar-refractivity contribution in [3.8, 4) is 5.75 Å². The number of ether oxygens (including phenoxy) is 1. The van der Waals surface area contributed by atoms with E-state index in [0.29, 0.717) is 28.3 Å². The normalized spacial score (nSPS) is 17.0. The summed E-state index contributed by atoms with van der Waals surface area (Å²) >= 11 is 0. The molecule has 0 bridgehead atoms. The maximum absolute atomic E-state index is 13.6. The molecule has 1 heterocycles. The zero-order chi connectivity index (χ0) is 27.8. The van der Waals surface area contributed by atoms with Crippen LogP contribution in [-0.2, 0) is 19.8 Å².